The number of aliphatic carboxylic acids is 1. The van der Waals surface area contributed by atoms with E-state index in [2.05, 4.69) is 5.32 Å². The van der Waals surface area contributed by atoms with Crippen LogP contribution in [0.2, 0.25) is 0 Å². The van der Waals surface area contributed by atoms with E-state index in [0.29, 0.717) is 6.54 Å². The summed E-state index contributed by atoms with van der Waals surface area (Å²) in [6, 6.07) is 17.4. The number of methoxy groups -OCH3 is 1. The van der Waals surface area contributed by atoms with E-state index >= 15 is 0 Å². The highest BCUT2D eigenvalue weighted by Gasteiger charge is 2.66. The van der Waals surface area contributed by atoms with Gasteiger partial charge in [-0.05, 0) is 30.5 Å². The first-order valence-electron chi connectivity index (χ1n) is 11.0. The molecule has 192 valence electrons. The number of fused-ring (bicyclic) bond motifs is 1. The van der Waals surface area contributed by atoms with E-state index in [-0.39, 0.29) is 11.8 Å². The minimum absolute atomic E-state index is 0.236. The second kappa shape index (κ2) is 10.1. The average molecular weight is 506 g/mol. The molecule has 0 saturated carbocycles. The molecular weight excluding hydrogens is 481 g/mol. The number of rotatable bonds is 4. The molecule has 2 aliphatic heterocycles. The Balaban J connectivity index is 0.000000454. The summed E-state index contributed by atoms with van der Waals surface area (Å²) >= 11 is 0. The molecule has 2 aromatic rings. The summed E-state index contributed by atoms with van der Waals surface area (Å²) in [7, 11) is 1.30. The van der Waals surface area contributed by atoms with Gasteiger partial charge in [0.1, 0.15) is 5.54 Å². The third-order valence-electron chi connectivity index (χ3n) is 6.42. The van der Waals surface area contributed by atoms with E-state index in [9.17, 15) is 27.6 Å². The summed E-state index contributed by atoms with van der Waals surface area (Å²) in [6.45, 7) is 3.71. The van der Waals surface area contributed by atoms with Gasteiger partial charge in [-0.15, -0.1) is 0 Å². The molecule has 2 heterocycles. The zero-order valence-corrected chi connectivity index (χ0v) is 19.7. The predicted octanol–water partition coefficient (Wildman–Crippen LogP) is 3.18. The highest BCUT2D eigenvalue weighted by molar-refractivity contribution is 6.09. The molecule has 4 rings (SSSR count). The van der Waals surface area contributed by atoms with Crippen LogP contribution >= 0.6 is 0 Å². The Bertz CT molecular complexity index is 1150. The molecule has 0 unspecified atom stereocenters. The number of nitrogens with zero attached hydrogens (tertiary/aromatic N) is 1. The summed E-state index contributed by atoms with van der Waals surface area (Å²) in [5, 5.41) is 10.4. The lowest BCUT2D eigenvalue weighted by molar-refractivity contribution is -0.192. The van der Waals surface area contributed by atoms with E-state index < -0.39 is 41.5 Å². The molecule has 8 nitrogen and oxygen atoms in total. The lowest BCUT2D eigenvalue weighted by Gasteiger charge is -2.28. The Morgan fingerprint density at radius 3 is 2.03 bits per heavy atom. The van der Waals surface area contributed by atoms with Gasteiger partial charge in [0.15, 0.2) is 0 Å². The minimum Gasteiger partial charge on any atom is -0.475 e. The Kier molecular flexibility index (Phi) is 7.54. The van der Waals surface area contributed by atoms with Gasteiger partial charge in [0.25, 0.3) is 0 Å². The number of carboxylic acids is 1. The third kappa shape index (κ3) is 4.83. The van der Waals surface area contributed by atoms with Crippen LogP contribution in [-0.2, 0) is 23.9 Å². The molecule has 0 radical (unpaired) electrons. The number of carbonyl (C=O) groups excluding carboxylic acids is 3. The fourth-order valence-electron chi connectivity index (χ4n) is 4.71. The smallest absolute Gasteiger partial charge is 0.475 e. The second-order valence-corrected chi connectivity index (χ2v) is 8.53. The number of likely N-dealkylation sites (tertiary alicyclic amines) is 1. The van der Waals surface area contributed by atoms with E-state index in [1.54, 1.807) is 13.8 Å². The number of amides is 2. The average Bonchev–Trinajstić information content (AvgIpc) is 3.31. The number of ether oxygens (including phenoxy) is 1. The van der Waals surface area contributed by atoms with Crippen molar-refractivity contribution in [2.24, 2.45) is 11.8 Å². The number of halogens is 3. The number of nitrogens with one attached hydrogen (secondary N) is 1. The molecule has 2 aliphatic rings. The largest absolute Gasteiger partial charge is 0.490 e. The fourth-order valence-corrected chi connectivity index (χ4v) is 4.71. The van der Waals surface area contributed by atoms with Crippen molar-refractivity contribution >= 4 is 23.8 Å². The van der Waals surface area contributed by atoms with Crippen LogP contribution in [0.15, 0.2) is 54.6 Å². The lowest BCUT2D eigenvalue weighted by Crippen LogP contribution is -2.53. The van der Waals surface area contributed by atoms with E-state index in [4.69, 9.17) is 14.6 Å². The Labute approximate surface area is 205 Å². The second-order valence-electron chi connectivity index (χ2n) is 8.53. The van der Waals surface area contributed by atoms with Gasteiger partial charge in [0.05, 0.1) is 18.9 Å². The van der Waals surface area contributed by atoms with Gasteiger partial charge >= 0.3 is 18.1 Å². The number of benzene rings is 2. The summed E-state index contributed by atoms with van der Waals surface area (Å²) in [4.78, 5) is 48.7. The minimum atomic E-state index is -5.08. The summed E-state index contributed by atoms with van der Waals surface area (Å²) in [5.74, 6) is -5.25. The molecular formula is C25H25F3N2O6. The SMILES string of the molecule is CCN1C(=O)[C@H]2[C@@H](c3ccc(-c4ccccc4)cc3)N[C@@](C)(C(=O)OC)[C@H]2C1=O.O=C(O)C(F)(F)F. The Hall–Kier alpha value is -3.73. The van der Waals surface area contributed by atoms with Crippen molar-refractivity contribution in [1.82, 2.24) is 10.2 Å². The van der Waals surface area contributed by atoms with Crippen LogP contribution in [0.25, 0.3) is 11.1 Å². The molecule has 0 bridgehead atoms. The summed E-state index contributed by atoms with van der Waals surface area (Å²) in [6.07, 6.45) is -5.08. The highest BCUT2D eigenvalue weighted by atomic mass is 19.4. The predicted molar refractivity (Wildman–Crippen MR) is 121 cm³/mol. The van der Waals surface area contributed by atoms with Gasteiger partial charge in [-0.2, -0.15) is 13.2 Å². The van der Waals surface area contributed by atoms with Crippen LogP contribution < -0.4 is 5.32 Å². The van der Waals surface area contributed by atoms with Crippen LogP contribution in [0.3, 0.4) is 0 Å². The van der Waals surface area contributed by atoms with Crippen LogP contribution in [0.4, 0.5) is 13.2 Å². The Morgan fingerprint density at radius 1 is 1.03 bits per heavy atom. The molecule has 4 atom stereocenters. The van der Waals surface area contributed by atoms with Gasteiger partial charge in [0, 0.05) is 12.6 Å². The maximum Gasteiger partial charge on any atom is 0.490 e. The molecule has 2 amide bonds. The zero-order chi connectivity index (χ0) is 26.8. The van der Waals surface area contributed by atoms with Gasteiger partial charge in [-0.1, -0.05) is 54.6 Å². The number of hydrogen-bond donors (Lipinski definition) is 2. The van der Waals surface area contributed by atoms with Crippen molar-refractivity contribution in [1.29, 1.82) is 0 Å². The fraction of sp³-hybridized carbons (Fsp3) is 0.360. The van der Waals surface area contributed by atoms with Crippen molar-refractivity contribution in [2.45, 2.75) is 31.6 Å². The topological polar surface area (TPSA) is 113 Å². The number of carbonyl (C=O) groups is 4. The normalized spacial score (nSPS) is 25.2. The number of alkyl halides is 3. The van der Waals surface area contributed by atoms with Crippen molar-refractivity contribution in [3.05, 3.63) is 60.2 Å². The van der Waals surface area contributed by atoms with Crippen molar-refractivity contribution in [2.75, 3.05) is 13.7 Å². The molecule has 0 aromatic heterocycles. The van der Waals surface area contributed by atoms with Gasteiger partial charge < -0.3 is 9.84 Å². The van der Waals surface area contributed by atoms with E-state index in [1.807, 2.05) is 54.6 Å². The monoisotopic (exact) mass is 506 g/mol. The van der Waals surface area contributed by atoms with E-state index in [0.717, 1.165) is 16.7 Å². The first kappa shape index (κ1) is 26.9. The third-order valence-corrected chi connectivity index (χ3v) is 6.42. The standard InChI is InChI=1S/C23H24N2O4.C2HF3O2/c1-4-25-20(26)17-18(21(25)27)23(2,22(28)29-3)24-19(17)16-12-10-15(11-13-16)14-8-6-5-7-9-14;3-2(4,5)1(6)7/h5-13,17-19,24H,4H2,1-3H3;(H,6,7)/t17-,18-,19-,23-;/m1./s1. The van der Waals surface area contributed by atoms with E-state index in [1.165, 1.54) is 12.0 Å². The van der Waals surface area contributed by atoms with Crippen LogP contribution in [-0.4, -0.2) is 59.1 Å². The molecule has 0 aliphatic carbocycles. The molecule has 0 spiro atoms. The molecule has 11 heteroatoms. The van der Waals surface area contributed by atoms with Gasteiger partial charge in [-0.25, -0.2) is 4.79 Å². The first-order chi connectivity index (χ1) is 16.9. The van der Waals surface area contributed by atoms with Crippen LogP contribution in [0, 0.1) is 11.8 Å². The zero-order valence-electron chi connectivity index (χ0n) is 19.7. The van der Waals surface area contributed by atoms with Crippen molar-refractivity contribution in [3.8, 4) is 11.1 Å². The number of carboxylic acid groups (broad SMARTS) is 1. The number of esters is 1. The quantitative estimate of drug-likeness (QED) is 0.484. The number of imide groups is 1. The van der Waals surface area contributed by atoms with Crippen molar-refractivity contribution < 1.29 is 42.2 Å². The highest BCUT2D eigenvalue weighted by Crippen LogP contribution is 2.49. The molecule has 2 aromatic carbocycles. The first-order valence-corrected chi connectivity index (χ1v) is 11.0. The maximum atomic E-state index is 13.0. The number of hydrogen-bond acceptors (Lipinski definition) is 6. The molecule has 36 heavy (non-hydrogen) atoms. The molecule has 2 fully saturated rings. The van der Waals surface area contributed by atoms with Gasteiger partial charge in [-0.3, -0.25) is 24.6 Å². The van der Waals surface area contributed by atoms with Gasteiger partial charge in [0.2, 0.25) is 11.8 Å². The van der Waals surface area contributed by atoms with Crippen molar-refractivity contribution in [3.63, 3.8) is 0 Å². The summed E-state index contributed by atoms with van der Waals surface area (Å²) in [5.41, 5.74) is 1.77. The van der Waals surface area contributed by atoms with Crippen LogP contribution in [0.1, 0.15) is 25.5 Å². The lowest BCUT2D eigenvalue weighted by atomic mass is 9.80. The Morgan fingerprint density at radius 2 is 1.56 bits per heavy atom. The maximum absolute atomic E-state index is 13.0. The summed E-state index contributed by atoms with van der Waals surface area (Å²) < 4.78 is 36.7. The van der Waals surface area contributed by atoms with Crippen LogP contribution in [0.5, 0.6) is 0 Å². The molecule has 2 N–H and O–H groups in total. The molecule has 2 saturated heterocycles.